The molecule has 0 bridgehead atoms. The summed E-state index contributed by atoms with van der Waals surface area (Å²) in [6.07, 6.45) is 3.33. The number of benzene rings is 3. The molecule has 5 rings (SSSR count). The van der Waals surface area contributed by atoms with Gasteiger partial charge in [0.2, 0.25) is 0 Å². The van der Waals surface area contributed by atoms with Crippen LogP contribution in [0.3, 0.4) is 0 Å². The summed E-state index contributed by atoms with van der Waals surface area (Å²) in [7, 11) is 0. The number of aromatic nitrogens is 4. The molecule has 7 heteroatoms. The zero-order chi connectivity index (χ0) is 22.1. The van der Waals surface area contributed by atoms with Gasteiger partial charge in [0, 0.05) is 10.7 Å². The number of ether oxygens (including phenoxy) is 1. The molecule has 0 aliphatic rings. The number of aryl methyl sites for hydroxylation is 2. The topological polar surface area (TPSA) is 64.9 Å². The van der Waals surface area contributed by atoms with Crippen molar-refractivity contribution in [1.29, 1.82) is 0 Å². The molecule has 0 radical (unpaired) electrons. The van der Waals surface area contributed by atoms with Crippen molar-refractivity contribution in [1.82, 2.24) is 19.7 Å². The van der Waals surface area contributed by atoms with E-state index in [1.807, 2.05) is 41.1 Å². The van der Waals surface area contributed by atoms with Crippen LogP contribution in [-0.4, -0.2) is 19.7 Å². The van der Waals surface area contributed by atoms with Gasteiger partial charge in [0.05, 0.1) is 17.3 Å². The summed E-state index contributed by atoms with van der Waals surface area (Å²) in [5, 5.41) is 9.44. The normalized spacial score (nSPS) is 11.0. The van der Waals surface area contributed by atoms with Gasteiger partial charge in [-0.1, -0.05) is 29.3 Å². The smallest absolute Gasteiger partial charge is 0.168 e. The predicted molar refractivity (Wildman–Crippen MR) is 127 cm³/mol. The van der Waals surface area contributed by atoms with E-state index in [9.17, 15) is 0 Å². The summed E-state index contributed by atoms with van der Waals surface area (Å²) < 4.78 is 7.70. The SMILES string of the molecule is Cc1ccc(-n2ncc3c(Nc4ccc(Oc5ccc(Cl)cc5)cc4)ncnc32)c(C)c1. The maximum atomic E-state index is 5.92. The predicted octanol–water partition coefficient (Wildman–Crippen LogP) is 6.62. The first-order valence-electron chi connectivity index (χ1n) is 10.1. The highest BCUT2D eigenvalue weighted by molar-refractivity contribution is 6.30. The number of halogens is 1. The van der Waals surface area contributed by atoms with E-state index >= 15 is 0 Å². The zero-order valence-corrected chi connectivity index (χ0v) is 18.3. The minimum absolute atomic E-state index is 0.675. The molecular weight excluding hydrogens is 422 g/mol. The van der Waals surface area contributed by atoms with Crippen LogP contribution in [0.5, 0.6) is 11.5 Å². The summed E-state index contributed by atoms with van der Waals surface area (Å²) in [5.41, 5.74) is 4.98. The Morgan fingerprint density at radius 2 is 1.59 bits per heavy atom. The minimum atomic E-state index is 0.675. The molecule has 0 saturated carbocycles. The van der Waals surface area contributed by atoms with Crippen molar-refractivity contribution in [3.8, 4) is 17.2 Å². The number of hydrogen-bond acceptors (Lipinski definition) is 5. The Hall–Kier alpha value is -3.90. The lowest BCUT2D eigenvalue weighted by molar-refractivity contribution is 0.483. The van der Waals surface area contributed by atoms with E-state index in [1.54, 1.807) is 24.7 Å². The summed E-state index contributed by atoms with van der Waals surface area (Å²) in [4.78, 5) is 8.90. The molecule has 1 N–H and O–H groups in total. The molecule has 0 fully saturated rings. The molecule has 2 heterocycles. The Kier molecular flexibility index (Phi) is 5.21. The van der Waals surface area contributed by atoms with E-state index in [0.717, 1.165) is 39.5 Å². The fraction of sp³-hybridized carbons (Fsp3) is 0.0800. The molecule has 32 heavy (non-hydrogen) atoms. The Morgan fingerprint density at radius 3 is 2.31 bits per heavy atom. The lowest BCUT2D eigenvalue weighted by Gasteiger charge is -2.10. The second-order valence-electron chi connectivity index (χ2n) is 7.51. The van der Waals surface area contributed by atoms with Crippen molar-refractivity contribution in [3.05, 3.63) is 95.4 Å². The number of anilines is 2. The van der Waals surface area contributed by atoms with Crippen LogP contribution in [0.25, 0.3) is 16.7 Å². The van der Waals surface area contributed by atoms with Crippen LogP contribution in [0, 0.1) is 13.8 Å². The lowest BCUT2D eigenvalue weighted by atomic mass is 10.1. The molecule has 0 aliphatic carbocycles. The van der Waals surface area contributed by atoms with Gasteiger partial charge >= 0.3 is 0 Å². The largest absolute Gasteiger partial charge is 0.457 e. The maximum Gasteiger partial charge on any atom is 0.168 e. The van der Waals surface area contributed by atoms with Gasteiger partial charge in [-0.3, -0.25) is 0 Å². The number of nitrogens with zero attached hydrogens (tertiary/aromatic N) is 4. The van der Waals surface area contributed by atoms with Gasteiger partial charge in [-0.15, -0.1) is 0 Å². The molecule has 5 aromatic rings. The van der Waals surface area contributed by atoms with E-state index < -0.39 is 0 Å². The molecule has 2 aromatic heterocycles. The lowest BCUT2D eigenvalue weighted by Crippen LogP contribution is -2.01. The Bertz CT molecular complexity index is 1390. The van der Waals surface area contributed by atoms with Gasteiger partial charge in [0.1, 0.15) is 23.6 Å². The first-order chi connectivity index (χ1) is 15.6. The summed E-state index contributed by atoms with van der Waals surface area (Å²) >= 11 is 5.92. The molecular formula is C25H20ClN5O. The number of rotatable bonds is 5. The molecule has 0 spiro atoms. The zero-order valence-electron chi connectivity index (χ0n) is 17.6. The molecule has 0 saturated heterocycles. The fourth-order valence-electron chi connectivity index (χ4n) is 3.54. The van der Waals surface area contributed by atoms with Crippen molar-refractivity contribution in [2.75, 3.05) is 5.32 Å². The molecule has 0 atom stereocenters. The summed E-state index contributed by atoms with van der Waals surface area (Å²) in [6.45, 7) is 4.15. The second-order valence-corrected chi connectivity index (χ2v) is 7.95. The van der Waals surface area contributed by atoms with Crippen LogP contribution in [0.2, 0.25) is 5.02 Å². The third-order valence-electron chi connectivity index (χ3n) is 5.11. The van der Waals surface area contributed by atoms with Crippen LogP contribution in [0.4, 0.5) is 11.5 Å². The van der Waals surface area contributed by atoms with Crippen molar-refractivity contribution in [3.63, 3.8) is 0 Å². The maximum absolute atomic E-state index is 5.92. The van der Waals surface area contributed by atoms with Crippen molar-refractivity contribution < 1.29 is 4.74 Å². The van der Waals surface area contributed by atoms with Gasteiger partial charge in [0.15, 0.2) is 5.65 Å². The van der Waals surface area contributed by atoms with E-state index in [-0.39, 0.29) is 0 Å². The third kappa shape index (κ3) is 4.00. The van der Waals surface area contributed by atoms with E-state index in [1.165, 1.54) is 5.56 Å². The highest BCUT2D eigenvalue weighted by Crippen LogP contribution is 2.28. The van der Waals surface area contributed by atoms with Crippen LogP contribution < -0.4 is 10.1 Å². The first kappa shape index (κ1) is 20.0. The van der Waals surface area contributed by atoms with Gasteiger partial charge in [-0.25, -0.2) is 14.6 Å². The molecule has 3 aromatic carbocycles. The molecule has 6 nitrogen and oxygen atoms in total. The first-order valence-corrected chi connectivity index (χ1v) is 10.5. The summed E-state index contributed by atoms with van der Waals surface area (Å²) in [6, 6.07) is 21.2. The van der Waals surface area contributed by atoms with Gasteiger partial charge in [0.25, 0.3) is 0 Å². The third-order valence-corrected chi connectivity index (χ3v) is 5.36. The Morgan fingerprint density at radius 1 is 0.875 bits per heavy atom. The van der Waals surface area contributed by atoms with Crippen LogP contribution in [0.15, 0.2) is 79.3 Å². The quantitative estimate of drug-likeness (QED) is 0.332. The molecule has 0 amide bonds. The Balaban J connectivity index is 1.39. The van der Waals surface area contributed by atoms with E-state index in [0.29, 0.717) is 10.8 Å². The fourth-order valence-corrected chi connectivity index (χ4v) is 3.67. The van der Waals surface area contributed by atoms with Gasteiger partial charge < -0.3 is 10.1 Å². The minimum Gasteiger partial charge on any atom is -0.457 e. The van der Waals surface area contributed by atoms with Crippen LogP contribution >= 0.6 is 11.6 Å². The van der Waals surface area contributed by atoms with Crippen molar-refractivity contribution >= 4 is 34.1 Å². The summed E-state index contributed by atoms with van der Waals surface area (Å²) in [5.74, 6) is 2.15. The van der Waals surface area contributed by atoms with Crippen molar-refractivity contribution in [2.24, 2.45) is 0 Å². The van der Waals surface area contributed by atoms with Gasteiger partial charge in [-0.05, 0) is 74.0 Å². The highest BCUT2D eigenvalue weighted by Gasteiger charge is 2.13. The Labute approximate surface area is 190 Å². The standard InChI is InChI=1S/C25H20ClN5O/c1-16-3-12-23(17(2)13-16)31-25-22(14-29-31)24(27-15-28-25)30-19-6-10-21(11-7-19)32-20-8-4-18(26)5-9-20/h3-15H,1-2H3,(H,27,28,30). The number of fused-ring (bicyclic) bond motifs is 1. The number of nitrogens with one attached hydrogen (secondary N) is 1. The van der Waals surface area contributed by atoms with E-state index in [4.69, 9.17) is 16.3 Å². The number of hydrogen-bond donors (Lipinski definition) is 1. The van der Waals surface area contributed by atoms with E-state index in [2.05, 4.69) is 52.4 Å². The molecule has 0 unspecified atom stereocenters. The monoisotopic (exact) mass is 441 g/mol. The van der Waals surface area contributed by atoms with Gasteiger partial charge in [-0.2, -0.15) is 5.10 Å². The average molecular weight is 442 g/mol. The van der Waals surface area contributed by atoms with Crippen LogP contribution in [0.1, 0.15) is 11.1 Å². The van der Waals surface area contributed by atoms with Crippen LogP contribution in [-0.2, 0) is 0 Å². The molecule has 0 aliphatic heterocycles. The highest BCUT2D eigenvalue weighted by atomic mass is 35.5. The van der Waals surface area contributed by atoms with Crippen molar-refractivity contribution in [2.45, 2.75) is 13.8 Å². The second kappa shape index (κ2) is 8.32. The molecule has 158 valence electrons. The average Bonchev–Trinajstić information content (AvgIpc) is 3.22.